The fourth-order valence-corrected chi connectivity index (χ4v) is 2.84. The summed E-state index contributed by atoms with van der Waals surface area (Å²) in [6.45, 7) is 0. The van der Waals surface area contributed by atoms with Crippen LogP contribution in [-0.2, 0) is 16.6 Å². The zero-order valence-electron chi connectivity index (χ0n) is 14.0. The third-order valence-electron chi connectivity index (χ3n) is 4.32. The molecule has 5 nitrogen and oxygen atoms in total. The minimum Gasteiger partial charge on any atom is -0.374 e. The minimum atomic E-state index is -5.17. The van der Waals surface area contributed by atoms with Gasteiger partial charge in [0.1, 0.15) is 0 Å². The second kappa shape index (κ2) is 6.71. The number of alkyl halides is 6. The lowest BCUT2D eigenvalue weighted by Gasteiger charge is -2.30. The number of rotatable bonds is 3. The summed E-state index contributed by atoms with van der Waals surface area (Å²) in [6, 6.07) is 4.84. The summed E-state index contributed by atoms with van der Waals surface area (Å²) >= 11 is 0. The number of nitrogens with zero attached hydrogens (tertiary/aromatic N) is 2. The van der Waals surface area contributed by atoms with Crippen LogP contribution in [-0.4, -0.2) is 16.8 Å². The van der Waals surface area contributed by atoms with Gasteiger partial charge >= 0.3 is 18.0 Å². The number of hydrogen-bond donors (Lipinski definition) is 0. The maximum Gasteiger partial charge on any atom is 0.435 e. The van der Waals surface area contributed by atoms with Gasteiger partial charge in [-0.3, -0.25) is 10.1 Å². The minimum absolute atomic E-state index is 0.226. The highest BCUT2D eigenvalue weighted by Gasteiger charge is 2.62. The number of benzene rings is 2. The molecule has 1 aliphatic heterocycles. The third kappa shape index (κ3) is 3.61. The van der Waals surface area contributed by atoms with Crippen molar-refractivity contribution in [1.29, 1.82) is 0 Å². The fraction of sp³-hybridized carbons (Fsp3) is 0.235. The maximum atomic E-state index is 13.8. The van der Waals surface area contributed by atoms with Gasteiger partial charge in [0.15, 0.2) is 0 Å². The van der Waals surface area contributed by atoms with Crippen LogP contribution in [0.5, 0.6) is 0 Å². The van der Waals surface area contributed by atoms with Gasteiger partial charge in [0.2, 0.25) is 5.82 Å². The van der Waals surface area contributed by atoms with E-state index < -0.39 is 57.6 Å². The molecule has 0 radical (unpaired) electrons. The highest BCUT2D eigenvalue weighted by molar-refractivity contribution is 6.02. The van der Waals surface area contributed by atoms with Crippen molar-refractivity contribution in [2.24, 2.45) is 5.16 Å². The molecule has 1 atom stereocenters. The predicted molar refractivity (Wildman–Crippen MR) is 84.5 cm³/mol. The number of nitro groups is 1. The Morgan fingerprint density at radius 3 is 2.34 bits per heavy atom. The molecule has 0 saturated heterocycles. The molecule has 1 aliphatic rings. The van der Waals surface area contributed by atoms with Crippen LogP contribution in [0.2, 0.25) is 0 Å². The first-order valence-electron chi connectivity index (χ1n) is 7.79. The predicted octanol–water partition coefficient (Wildman–Crippen LogP) is 5.33. The second-order valence-electron chi connectivity index (χ2n) is 6.13. The van der Waals surface area contributed by atoms with Crippen molar-refractivity contribution in [1.82, 2.24) is 0 Å². The van der Waals surface area contributed by atoms with E-state index in [4.69, 9.17) is 0 Å². The Morgan fingerprint density at radius 1 is 1.07 bits per heavy atom. The van der Waals surface area contributed by atoms with Crippen molar-refractivity contribution in [3.05, 3.63) is 75.1 Å². The average molecular weight is 422 g/mol. The van der Waals surface area contributed by atoms with Crippen LogP contribution in [0.3, 0.4) is 0 Å². The molecule has 0 saturated carbocycles. The molecule has 29 heavy (non-hydrogen) atoms. The number of oxime groups is 1. The zero-order chi connectivity index (χ0) is 21.6. The Balaban J connectivity index is 2.05. The van der Waals surface area contributed by atoms with E-state index in [1.165, 1.54) is 0 Å². The van der Waals surface area contributed by atoms with E-state index in [1.807, 2.05) is 0 Å². The molecule has 0 fully saturated rings. The van der Waals surface area contributed by atoms with Gasteiger partial charge in [0.05, 0.1) is 16.2 Å². The Labute approximate surface area is 157 Å². The van der Waals surface area contributed by atoms with E-state index >= 15 is 0 Å². The fourth-order valence-electron chi connectivity index (χ4n) is 2.84. The second-order valence-corrected chi connectivity index (χ2v) is 6.13. The molecule has 0 aromatic heterocycles. The van der Waals surface area contributed by atoms with E-state index in [1.54, 1.807) is 0 Å². The molecule has 12 heteroatoms. The van der Waals surface area contributed by atoms with Gasteiger partial charge in [-0.25, -0.2) is 0 Å². The summed E-state index contributed by atoms with van der Waals surface area (Å²) in [5.74, 6) is -1.21. The van der Waals surface area contributed by atoms with Crippen LogP contribution in [0.15, 0.2) is 47.6 Å². The number of hydrogen-bond acceptors (Lipinski definition) is 4. The topological polar surface area (TPSA) is 64.7 Å². The molecule has 0 N–H and O–H groups in total. The van der Waals surface area contributed by atoms with Crippen LogP contribution in [0, 0.1) is 15.9 Å². The first-order valence-corrected chi connectivity index (χ1v) is 7.79. The molecule has 2 aromatic rings. The molecule has 0 aliphatic carbocycles. The van der Waals surface area contributed by atoms with Gasteiger partial charge in [-0.05, 0) is 24.3 Å². The quantitative estimate of drug-likeness (QED) is 0.381. The standard InChI is InChI=1S/C17H9F7N2O3/c18-12-5-4-9(6-14(12)26(27)28)13-8-15(29-25-13,17(22,23)24)10-2-1-3-11(7-10)16(19,20)21/h1-7H,8H2. The number of nitro benzene ring substituents is 1. The molecule has 1 unspecified atom stereocenters. The van der Waals surface area contributed by atoms with Crippen LogP contribution >= 0.6 is 0 Å². The van der Waals surface area contributed by atoms with Gasteiger partial charge in [-0.2, -0.15) is 30.7 Å². The van der Waals surface area contributed by atoms with Crippen molar-refractivity contribution in [3.63, 3.8) is 0 Å². The highest BCUT2D eigenvalue weighted by atomic mass is 19.4. The van der Waals surface area contributed by atoms with Gasteiger partial charge in [-0.1, -0.05) is 17.3 Å². The van der Waals surface area contributed by atoms with Gasteiger partial charge < -0.3 is 4.84 Å². The summed E-state index contributed by atoms with van der Waals surface area (Å²) in [7, 11) is 0. The van der Waals surface area contributed by atoms with Crippen molar-refractivity contribution < 1.29 is 40.5 Å². The maximum absolute atomic E-state index is 13.8. The molecule has 2 aromatic carbocycles. The van der Waals surface area contributed by atoms with Gasteiger partial charge in [-0.15, -0.1) is 0 Å². The zero-order valence-corrected chi connectivity index (χ0v) is 14.0. The first-order chi connectivity index (χ1) is 13.3. The van der Waals surface area contributed by atoms with Crippen LogP contribution in [0.25, 0.3) is 0 Å². The van der Waals surface area contributed by atoms with E-state index in [0.29, 0.717) is 24.3 Å². The molecular weight excluding hydrogens is 413 g/mol. The summed E-state index contributed by atoms with van der Waals surface area (Å²) in [4.78, 5) is 14.4. The van der Waals surface area contributed by atoms with Crippen LogP contribution in [0.1, 0.15) is 23.1 Å². The van der Waals surface area contributed by atoms with Crippen molar-refractivity contribution in [2.45, 2.75) is 24.4 Å². The van der Waals surface area contributed by atoms with E-state index in [2.05, 4.69) is 9.99 Å². The molecule has 0 amide bonds. The highest BCUT2D eigenvalue weighted by Crippen LogP contribution is 2.49. The Hall–Kier alpha value is -3.18. The van der Waals surface area contributed by atoms with E-state index in [0.717, 1.165) is 18.2 Å². The van der Waals surface area contributed by atoms with Crippen molar-refractivity contribution >= 4 is 11.4 Å². The molecule has 1 heterocycles. The summed E-state index contributed by atoms with van der Waals surface area (Å²) in [5, 5.41) is 14.1. The van der Waals surface area contributed by atoms with Crippen LogP contribution < -0.4 is 0 Å². The summed E-state index contributed by atoms with van der Waals surface area (Å²) in [5.41, 5.74) is -7.02. The largest absolute Gasteiger partial charge is 0.435 e. The SMILES string of the molecule is O=[N+]([O-])c1cc(C2=NOC(c3cccc(C(F)(F)F)c3)(C(F)(F)F)C2)ccc1F. The van der Waals surface area contributed by atoms with E-state index in [9.17, 15) is 40.8 Å². The monoisotopic (exact) mass is 422 g/mol. The normalized spacial score (nSPS) is 19.6. The molecule has 0 bridgehead atoms. The Kier molecular flexibility index (Phi) is 4.75. The lowest BCUT2D eigenvalue weighted by atomic mass is 9.85. The molecule has 0 spiro atoms. The third-order valence-corrected chi connectivity index (χ3v) is 4.32. The average Bonchev–Trinajstić information content (AvgIpc) is 3.08. The van der Waals surface area contributed by atoms with Crippen LogP contribution in [0.4, 0.5) is 36.4 Å². The summed E-state index contributed by atoms with van der Waals surface area (Å²) in [6.07, 6.45) is -11.1. The van der Waals surface area contributed by atoms with Crippen molar-refractivity contribution in [2.75, 3.05) is 0 Å². The number of halogens is 7. The lowest BCUT2D eigenvalue weighted by molar-refractivity contribution is -0.387. The van der Waals surface area contributed by atoms with Crippen molar-refractivity contribution in [3.8, 4) is 0 Å². The smallest absolute Gasteiger partial charge is 0.374 e. The Morgan fingerprint density at radius 2 is 1.76 bits per heavy atom. The first kappa shape index (κ1) is 20.6. The lowest BCUT2D eigenvalue weighted by Crippen LogP contribution is -2.42. The summed E-state index contributed by atoms with van der Waals surface area (Å²) < 4.78 is 93.8. The van der Waals surface area contributed by atoms with Gasteiger partial charge in [0.25, 0.3) is 5.60 Å². The molecular formula is C17H9F7N2O3. The Bertz CT molecular complexity index is 1000. The van der Waals surface area contributed by atoms with Gasteiger partial charge in [0, 0.05) is 23.6 Å². The van der Waals surface area contributed by atoms with E-state index in [-0.39, 0.29) is 5.56 Å². The molecule has 3 rings (SSSR count). The molecule has 154 valence electrons.